The van der Waals surface area contributed by atoms with Crippen molar-refractivity contribution < 1.29 is 13.2 Å². The highest BCUT2D eigenvalue weighted by Crippen LogP contribution is 2.34. The highest BCUT2D eigenvalue weighted by molar-refractivity contribution is 9.10. The monoisotopic (exact) mass is 270 g/mol. The van der Waals surface area contributed by atoms with E-state index in [4.69, 9.17) is 0 Å². The van der Waals surface area contributed by atoms with E-state index >= 15 is 0 Å². The van der Waals surface area contributed by atoms with Gasteiger partial charge in [-0.05, 0) is 15.9 Å². The number of aromatic nitrogens is 2. The van der Waals surface area contributed by atoms with Gasteiger partial charge in [0.15, 0.2) is 5.69 Å². The summed E-state index contributed by atoms with van der Waals surface area (Å²) >= 11 is 2.81. The predicted molar refractivity (Wildman–Crippen MR) is 50.0 cm³/mol. The molecule has 1 N–H and O–H groups in total. The van der Waals surface area contributed by atoms with Crippen molar-refractivity contribution in [1.29, 1.82) is 0 Å². The van der Waals surface area contributed by atoms with Crippen LogP contribution in [0.3, 0.4) is 0 Å². The molecule has 0 amide bonds. The first-order valence-corrected chi connectivity index (χ1v) is 4.75. The fraction of sp³-hybridized carbons (Fsp3) is 0.625. The van der Waals surface area contributed by atoms with Crippen LogP contribution in [0.25, 0.3) is 0 Å². The Morgan fingerprint density at radius 1 is 1.21 bits per heavy atom. The summed E-state index contributed by atoms with van der Waals surface area (Å²) in [7, 11) is 0. The van der Waals surface area contributed by atoms with Gasteiger partial charge in [0.25, 0.3) is 0 Å². The zero-order valence-electron chi connectivity index (χ0n) is 7.96. The summed E-state index contributed by atoms with van der Waals surface area (Å²) in [5.41, 5.74) is -1.33. The van der Waals surface area contributed by atoms with E-state index in [9.17, 15) is 13.2 Å². The number of H-pyrrole nitrogens is 1. The van der Waals surface area contributed by atoms with Crippen molar-refractivity contribution >= 4 is 15.9 Å². The first-order valence-electron chi connectivity index (χ1n) is 3.95. The first kappa shape index (κ1) is 11.6. The number of aromatic amines is 1. The molecular weight excluding hydrogens is 261 g/mol. The van der Waals surface area contributed by atoms with Gasteiger partial charge in [0.2, 0.25) is 0 Å². The third-order valence-corrected chi connectivity index (χ3v) is 2.21. The molecule has 0 spiro atoms. The van der Waals surface area contributed by atoms with Crippen LogP contribution < -0.4 is 0 Å². The average molecular weight is 271 g/mol. The fourth-order valence-corrected chi connectivity index (χ4v) is 1.40. The van der Waals surface area contributed by atoms with Crippen molar-refractivity contribution in [3.8, 4) is 0 Å². The van der Waals surface area contributed by atoms with Gasteiger partial charge in [-0.3, -0.25) is 0 Å². The number of rotatable bonds is 0. The molecule has 6 heteroatoms. The highest BCUT2D eigenvalue weighted by Gasteiger charge is 2.38. The molecule has 1 aromatic heterocycles. The molecule has 80 valence electrons. The van der Waals surface area contributed by atoms with Crippen LogP contribution >= 0.6 is 15.9 Å². The molecule has 0 bridgehead atoms. The van der Waals surface area contributed by atoms with Gasteiger partial charge in [0, 0.05) is 5.41 Å². The van der Waals surface area contributed by atoms with Gasteiger partial charge in [-0.25, -0.2) is 4.98 Å². The normalized spacial score (nSPS) is 13.4. The molecule has 0 radical (unpaired) electrons. The van der Waals surface area contributed by atoms with E-state index in [1.165, 1.54) is 0 Å². The first-order chi connectivity index (χ1) is 6.12. The van der Waals surface area contributed by atoms with Crippen molar-refractivity contribution in [2.24, 2.45) is 0 Å². The second-order valence-electron chi connectivity index (χ2n) is 4.00. The van der Waals surface area contributed by atoms with Crippen LogP contribution in [0.2, 0.25) is 0 Å². The molecule has 0 aliphatic heterocycles. The average Bonchev–Trinajstić information content (AvgIpc) is 2.27. The summed E-state index contributed by atoms with van der Waals surface area (Å²) in [4.78, 5) is 6.10. The van der Waals surface area contributed by atoms with Crippen LogP contribution in [0, 0.1) is 0 Å². The summed E-state index contributed by atoms with van der Waals surface area (Å²) in [5, 5.41) is 0. The Morgan fingerprint density at radius 3 is 1.93 bits per heavy atom. The molecule has 0 aliphatic rings. The van der Waals surface area contributed by atoms with Crippen molar-refractivity contribution in [3.63, 3.8) is 0 Å². The number of hydrogen-bond donors (Lipinski definition) is 1. The number of imidazole rings is 1. The summed E-state index contributed by atoms with van der Waals surface area (Å²) in [6.07, 6.45) is -4.42. The third-order valence-electron chi connectivity index (χ3n) is 1.64. The number of halogens is 4. The van der Waals surface area contributed by atoms with Gasteiger partial charge in [0.1, 0.15) is 10.4 Å². The van der Waals surface area contributed by atoms with Crippen molar-refractivity contribution in [2.45, 2.75) is 32.4 Å². The second kappa shape index (κ2) is 3.25. The lowest BCUT2D eigenvalue weighted by Crippen LogP contribution is -2.14. The minimum absolute atomic E-state index is 0.116. The molecule has 1 heterocycles. The molecule has 0 saturated heterocycles. The Kier molecular flexibility index (Phi) is 2.69. The van der Waals surface area contributed by atoms with Gasteiger partial charge in [0.05, 0.1) is 0 Å². The van der Waals surface area contributed by atoms with Gasteiger partial charge in [-0.15, -0.1) is 0 Å². The third kappa shape index (κ3) is 2.29. The van der Waals surface area contributed by atoms with Crippen molar-refractivity contribution in [2.75, 3.05) is 0 Å². The topological polar surface area (TPSA) is 28.7 Å². The lowest BCUT2D eigenvalue weighted by atomic mass is 9.96. The highest BCUT2D eigenvalue weighted by atomic mass is 79.9. The summed E-state index contributed by atoms with van der Waals surface area (Å²) < 4.78 is 36.9. The largest absolute Gasteiger partial charge is 0.436 e. The molecular formula is C8H10BrF3N2. The van der Waals surface area contributed by atoms with Crippen molar-refractivity contribution in [3.05, 3.63) is 16.1 Å². The molecule has 0 saturated carbocycles. The second-order valence-corrected chi connectivity index (χ2v) is 4.79. The summed E-state index contributed by atoms with van der Waals surface area (Å²) in [6.45, 7) is 5.37. The van der Waals surface area contributed by atoms with Crippen LogP contribution in [-0.2, 0) is 11.6 Å². The molecule has 14 heavy (non-hydrogen) atoms. The Bertz CT molecular complexity index is 335. The van der Waals surface area contributed by atoms with Gasteiger partial charge < -0.3 is 4.98 Å². The van der Waals surface area contributed by atoms with E-state index in [1.54, 1.807) is 20.8 Å². The Labute approximate surface area is 88.0 Å². The molecule has 0 aromatic carbocycles. The van der Waals surface area contributed by atoms with Gasteiger partial charge >= 0.3 is 6.18 Å². The number of alkyl halides is 3. The Morgan fingerprint density at radius 2 is 1.71 bits per heavy atom. The smallest absolute Gasteiger partial charge is 0.336 e. The molecule has 1 aromatic rings. The van der Waals surface area contributed by atoms with Crippen LogP contribution in [0.5, 0.6) is 0 Å². The molecule has 0 atom stereocenters. The minimum atomic E-state index is -4.42. The SMILES string of the molecule is CC(C)(C)c1nc(C(F)(F)F)c(Br)[nH]1. The Hall–Kier alpha value is -0.520. The van der Waals surface area contributed by atoms with Crippen LogP contribution in [0.1, 0.15) is 32.3 Å². The molecule has 0 aliphatic carbocycles. The molecule has 0 unspecified atom stereocenters. The van der Waals surface area contributed by atoms with E-state index < -0.39 is 17.3 Å². The number of hydrogen-bond acceptors (Lipinski definition) is 1. The molecule has 1 rings (SSSR count). The fourth-order valence-electron chi connectivity index (χ4n) is 0.895. The van der Waals surface area contributed by atoms with Crippen molar-refractivity contribution in [1.82, 2.24) is 9.97 Å². The molecule has 2 nitrogen and oxygen atoms in total. The van der Waals surface area contributed by atoms with Crippen LogP contribution in [-0.4, -0.2) is 9.97 Å². The maximum atomic E-state index is 12.3. The van der Waals surface area contributed by atoms with E-state index in [0.717, 1.165) is 0 Å². The maximum Gasteiger partial charge on any atom is 0.436 e. The quantitative estimate of drug-likeness (QED) is 0.768. The van der Waals surface area contributed by atoms with Gasteiger partial charge in [-0.2, -0.15) is 13.2 Å². The van der Waals surface area contributed by atoms with E-state index in [2.05, 4.69) is 25.9 Å². The zero-order valence-corrected chi connectivity index (χ0v) is 9.55. The molecule has 0 fully saturated rings. The van der Waals surface area contributed by atoms with Crippen LogP contribution in [0.15, 0.2) is 4.60 Å². The maximum absolute atomic E-state index is 12.3. The standard InChI is InChI=1S/C8H10BrF3N2/c1-7(2,3)6-13-4(5(9)14-6)8(10,11)12/h1-3H3,(H,13,14). The van der Waals surface area contributed by atoms with Crippen LogP contribution in [0.4, 0.5) is 13.2 Å². The number of nitrogens with one attached hydrogen (secondary N) is 1. The summed E-state index contributed by atoms with van der Waals surface area (Å²) in [5.74, 6) is 0.316. The summed E-state index contributed by atoms with van der Waals surface area (Å²) in [6, 6.07) is 0. The van der Waals surface area contributed by atoms with E-state index in [1.807, 2.05) is 0 Å². The van der Waals surface area contributed by atoms with E-state index in [0.29, 0.717) is 5.82 Å². The van der Waals surface area contributed by atoms with E-state index in [-0.39, 0.29) is 4.60 Å². The Balaban J connectivity index is 3.19. The lowest BCUT2D eigenvalue weighted by molar-refractivity contribution is -0.141. The predicted octanol–water partition coefficient (Wildman–Crippen LogP) is 3.49. The minimum Gasteiger partial charge on any atom is -0.336 e. The van der Waals surface area contributed by atoms with Gasteiger partial charge in [-0.1, -0.05) is 20.8 Å². The number of nitrogens with zero attached hydrogens (tertiary/aromatic N) is 1. The lowest BCUT2D eigenvalue weighted by Gasteiger charge is -2.13. The zero-order chi connectivity index (χ0) is 11.1.